The van der Waals surface area contributed by atoms with Crippen molar-refractivity contribution in [2.45, 2.75) is 17.9 Å². The van der Waals surface area contributed by atoms with Crippen LogP contribution in [0.5, 0.6) is 0 Å². The highest BCUT2D eigenvalue weighted by atomic mass is 32.2. The number of carbonyl (C=O) groups is 1. The zero-order valence-electron chi connectivity index (χ0n) is 11.7. The van der Waals surface area contributed by atoms with Crippen LogP contribution in [0.1, 0.15) is 28.9 Å². The largest absolute Gasteiger partial charge is 0.478 e. The van der Waals surface area contributed by atoms with Crippen LogP contribution >= 0.6 is 0 Å². The highest BCUT2D eigenvalue weighted by Gasteiger charge is 2.21. The van der Waals surface area contributed by atoms with E-state index in [0.29, 0.717) is 0 Å². The number of benzene rings is 2. The molecule has 0 saturated heterocycles. The topological polar surface area (TPSA) is 83.5 Å². The number of aromatic carboxylic acids is 1. The Kier molecular flexibility index (Phi) is 4.58. The third-order valence-corrected chi connectivity index (χ3v) is 4.65. The lowest BCUT2D eigenvalue weighted by Gasteiger charge is -2.15. The molecule has 2 aromatic carbocycles. The van der Waals surface area contributed by atoms with Gasteiger partial charge in [-0.15, -0.1) is 0 Å². The second-order valence-electron chi connectivity index (χ2n) is 4.70. The van der Waals surface area contributed by atoms with Crippen LogP contribution in [-0.2, 0) is 10.0 Å². The molecule has 0 spiro atoms. The fraction of sp³-hybridized carbons (Fsp3) is 0.133. The zero-order valence-corrected chi connectivity index (χ0v) is 12.5. The Balaban J connectivity index is 2.31. The first-order chi connectivity index (χ1) is 10.3. The molecule has 2 rings (SSSR count). The van der Waals surface area contributed by atoms with E-state index < -0.39 is 33.4 Å². The molecule has 0 fully saturated rings. The Hall–Kier alpha value is -2.25. The third-order valence-electron chi connectivity index (χ3n) is 3.11. The number of halogens is 1. The first kappa shape index (κ1) is 16.1. The Labute approximate surface area is 127 Å². The van der Waals surface area contributed by atoms with E-state index in [1.54, 1.807) is 31.2 Å². The van der Waals surface area contributed by atoms with Crippen molar-refractivity contribution in [2.24, 2.45) is 0 Å². The highest BCUT2D eigenvalue weighted by Crippen LogP contribution is 2.19. The van der Waals surface area contributed by atoms with Crippen molar-refractivity contribution >= 4 is 16.0 Å². The van der Waals surface area contributed by atoms with Gasteiger partial charge in [0.2, 0.25) is 10.0 Å². The summed E-state index contributed by atoms with van der Waals surface area (Å²) in [7, 11) is -3.96. The molecule has 0 aliphatic heterocycles. The summed E-state index contributed by atoms with van der Waals surface area (Å²) >= 11 is 0. The number of hydrogen-bond acceptors (Lipinski definition) is 3. The molecule has 2 N–H and O–H groups in total. The number of nitrogens with one attached hydrogen (secondary N) is 1. The summed E-state index contributed by atoms with van der Waals surface area (Å²) in [4.78, 5) is 10.6. The van der Waals surface area contributed by atoms with Crippen molar-refractivity contribution in [1.29, 1.82) is 0 Å². The van der Waals surface area contributed by atoms with Crippen LogP contribution in [0.4, 0.5) is 4.39 Å². The van der Waals surface area contributed by atoms with Crippen molar-refractivity contribution in [3.63, 3.8) is 0 Å². The fourth-order valence-electron chi connectivity index (χ4n) is 1.95. The van der Waals surface area contributed by atoms with Gasteiger partial charge in [0.1, 0.15) is 5.82 Å². The van der Waals surface area contributed by atoms with Gasteiger partial charge in [0.25, 0.3) is 0 Å². The molecule has 1 atom stereocenters. The van der Waals surface area contributed by atoms with E-state index >= 15 is 0 Å². The van der Waals surface area contributed by atoms with Gasteiger partial charge in [0.05, 0.1) is 10.5 Å². The summed E-state index contributed by atoms with van der Waals surface area (Å²) in [5, 5.41) is 8.86. The maximum atomic E-state index is 13.3. The van der Waals surface area contributed by atoms with Crippen LogP contribution in [0.25, 0.3) is 0 Å². The maximum absolute atomic E-state index is 13.3. The number of carboxylic acid groups (broad SMARTS) is 1. The van der Waals surface area contributed by atoms with Gasteiger partial charge >= 0.3 is 5.97 Å². The molecule has 0 bridgehead atoms. The van der Waals surface area contributed by atoms with E-state index in [0.717, 1.165) is 23.8 Å². The third kappa shape index (κ3) is 3.49. The minimum atomic E-state index is -3.96. The van der Waals surface area contributed by atoms with Crippen LogP contribution in [0, 0.1) is 5.82 Å². The first-order valence-corrected chi connectivity index (χ1v) is 7.89. The second-order valence-corrected chi connectivity index (χ2v) is 6.41. The standard InChI is InChI=1S/C15H14FNO4S/c1-10(11-5-3-2-4-6-11)17-22(20,21)12-7-8-14(16)13(9-12)15(18)19/h2-10,17H,1H3,(H,18,19)/t10-/m1/s1. The highest BCUT2D eigenvalue weighted by molar-refractivity contribution is 7.89. The fourth-order valence-corrected chi connectivity index (χ4v) is 3.20. The van der Waals surface area contributed by atoms with Crippen LogP contribution in [-0.4, -0.2) is 19.5 Å². The van der Waals surface area contributed by atoms with Gasteiger partial charge in [0.15, 0.2) is 0 Å². The van der Waals surface area contributed by atoms with Gasteiger partial charge in [-0.3, -0.25) is 0 Å². The molecule has 0 saturated carbocycles. The molecule has 0 radical (unpaired) electrons. The predicted molar refractivity (Wildman–Crippen MR) is 78.5 cm³/mol. The normalized spacial score (nSPS) is 12.8. The lowest BCUT2D eigenvalue weighted by Crippen LogP contribution is -2.27. The van der Waals surface area contributed by atoms with E-state index in [2.05, 4.69) is 4.72 Å². The van der Waals surface area contributed by atoms with Gasteiger partial charge in [-0.1, -0.05) is 30.3 Å². The van der Waals surface area contributed by atoms with E-state index in [4.69, 9.17) is 5.11 Å². The Morgan fingerprint density at radius 2 is 1.82 bits per heavy atom. The van der Waals surface area contributed by atoms with Gasteiger partial charge in [-0.05, 0) is 30.7 Å². The van der Waals surface area contributed by atoms with Gasteiger partial charge < -0.3 is 5.11 Å². The minimum Gasteiger partial charge on any atom is -0.478 e. The van der Waals surface area contributed by atoms with Crippen LogP contribution in [0.3, 0.4) is 0 Å². The SMILES string of the molecule is C[C@@H](NS(=O)(=O)c1ccc(F)c(C(=O)O)c1)c1ccccc1. The monoisotopic (exact) mass is 323 g/mol. The van der Waals surface area contributed by atoms with Crippen molar-refractivity contribution in [3.05, 3.63) is 65.5 Å². The quantitative estimate of drug-likeness (QED) is 0.886. The van der Waals surface area contributed by atoms with Crippen LogP contribution in [0.2, 0.25) is 0 Å². The molecule has 22 heavy (non-hydrogen) atoms. The summed E-state index contributed by atoms with van der Waals surface area (Å²) in [6.07, 6.45) is 0. The average Bonchev–Trinajstić information content (AvgIpc) is 2.47. The molecule has 0 amide bonds. The van der Waals surface area contributed by atoms with Gasteiger partial charge in [-0.25, -0.2) is 22.3 Å². The van der Waals surface area contributed by atoms with Crippen molar-refractivity contribution in [2.75, 3.05) is 0 Å². The van der Waals surface area contributed by atoms with E-state index in [-0.39, 0.29) is 4.90 Å². The van der Waals surface area contributed by atoms with Gasteiger partial charge in [0, 0.05) is 6.04 Å². The molecule has 0 aliphatic carbocycles. The van der Waals surface area contributed by atoms with Gasteiger partial charge in [-0.2, -0.15) is 0 Å². The van der Waals surface area contributed by atoms with Crippen molar-refractivity contribution in [1.82, 2.24) is 4.72 Å². The maximum Gasteiger partial charge on any atom is 0.338 e. The van der Waals surface area contributed by atoms with E-state index in [1.165, 1.54) is 0 Å². The summed E-state index contributed by atoms with van der Waals surface area (Å²) in [5.74, 6) is -2.51. The van der Waals surface area contributed by atoms with Crippen LogP contribution in [0.15, 0.2) is 53.4 Å². The summed E-state index contributed by atoms with van der Waals surface area (Å²) in [6.45, 7) is 1.66. The van der Waals surface area contributed by atoms with Crippen molar-refractivity contribution in [3.8, 4) is 0 Å². The molecular weight excluding hydrogens is 309 g/mol. The number of rotatable bonds is 5. The summed E-state index contributed by atoms with van der Waals surface area (Å²) < 4.78 is 40.3. The molecule has 0 heterocycles. The molecule has 5 nitrogen and oxygen atoms in total. The molecule has 0 aliphatic rings. The molecule has 0 aromatic heterocycles. The number of sulfonamides is 1. The van der Waals surface area contributed by atoms with Crippen LogP contribution < -0.4 is 4.72 Å². The summed E-state index contributed by atoms with van der Waals surface area (Å²) in [6, 6.07) is 11.0. The predicted octanol–water partition coefficient (Wildman–Crippen LogP) is 2.56. The molecular formula is C15H14FNO4S. The molecule has 7 heteroatoms. The average molecular weight is 323 g/mol. The van der Waals surface area contributed by atoms with Crippen molar-refractivity contribution < 1.29 is 22.7 Å². The van der Waals surface area contributed by atoms with E-state index in [9.17, 15) is 17.6 Å². The Morgan fingerprint density at radius 1 is 1.18 bits per heavy atom. The molecule has 2 aromatic rings. The molecule has 116 valence electrons. The molecule has 0 unspecified atom stereocenters. The number of hydrogen-bond donors (Lipinski definition) is 2. The Morgan fingerprint density at radius 3 is 2.41 bits per heavy atom. The zero-order chi connectivity index (χ0) is 16.3. The lowest BCUT2D eigenvalue weighted by atomic mass is 10.1. The first-order valence-electron chi connectivity index (χ1n) is 6.41. The smallest absolute Gasteiger partial charge is 0.338 e. The summed E-state index contributed by atoms with van der Waals surface area (Å²) in [5.41, 5.74) is 0.0712. The minimum absolute atomic E-state index is 0.297. The Bertz CT molecular complexity index is 790. The lowest BCUT2D eigenvalue weighted by molar-refractivity contribution is 0.0691. The van der Waals surface area contributed by atoms with E-state index in [1.807, 2.05) is 6.07 Å². The number of carboxylic acids is 1. The second kappa shape index (κ2) is 6.25.